The van der Waals surface area contributed by atoms with Crippen molar-refractivity contribution in [1.29, 1.82) is 0 Å². The van der Waals surface area contributed by atoms with Crippen LogP contribution in [0.4, 0.5) is 17.1 Å². The van der Waals surface area contributed by atoms with Gasteiger partial charge < -0.3 is 25.2 Å². The average molecular weight is 447 g/mol. The number of amides is 2. The summed E-state index contributed by atoms with van der Waals surface area (Å²) in [6, 6.07) is 16.2. The molecule has 0 aliphatic heterocycles. The number of carbonyl (C=O) groups is 2. The molecule has 0 bridgehead atoms. The minimum absolute atomic E-state index is 0.122. The number of methoxy groups -OCH3 is 1. The van der Waals surface area contributed by atoms with Crippen LogP contribution in [0, 0.1) is 5.92 Å². The van der Waals surface area contributed by atoms with Crippen molar-refractivity contribution in [1.82, 2.24) is 0 Å². The van der Waals surface area contributed by atoms with Gasteiger partial charge in [0.2, 0.25) is 5.91 Å². The molecule has 0 saturated carbocycles. The highest BCUT2D eigenvalue weighted by atomic mass is 16.5. The van der Waals surface area contributed by atoms with E-state index >= 15 is 0 Å². The van der Waals surface area contributed by atoms with Crippen molar-refractivity contribution in [3.63, 3.8) is 0 Å². The number of nitrogens with zero attached hydrogens (tertiary/aromatic N) is 1. The van der Waals surface area contributed by atoms with E-state index in [4.69, 9.17) is 9.47 Å². The summed E-state index contributed by atoms with van der Waals surface area (Å²) in [7, 11) is 1.56. The molecule has 0 aliphatic carbocycles. The van der Waals surface area contributed by atoms with E-state index in [1.54, 1.807) is 69.5 Å². The topological polar surface area (TPSA) is 109 Å². The maximum atomic E-state index is 12.7. The van der Waals surface area contributed by atoms with E-state index in [9.17, 15) is 14.7 Å². The molecular weight excluding hydrogens is 422 g/mol. The van der Waals surface area contributed by atoms with Crippen molar-refractivity contribution in [2.24, 2.45) is 10.9 Å². The number of aromatic hydroxyl groups is 1. The van der Waals surface area contributed by atoms with E-state index in [0.29, 0.717) is 22.7 Å². The molecule has 3 aromatic rings. The van der Waals surface area contributed by atoms with E-state index in [0.717, 1.165) is 0 Å². The van der Waals surface area contributed by atoms with Gasteiger partial charge in [-0.1, -0.05) is 13.8 Å². The molecule has 0 unspecified atom stereocenters. The molecule has 3 N–H and O–H groups in total. The number of phenols is 1. The van der Waals surface area contributed by atoms with Gasteiger partial charge in [-0.2, -0.15) is 0 Å². The number of benzene rings is 3. The summed E-state index contributed by atoms with van der Waals surface area (Å²) in [6.45, 7) is 6.95. The van der Waals surface area contributed by atoms with Crippen LogP contribution in [-0.2, 0) is 4.79 Å². The largest absolute Gasteiger partial charge is 0.506 e. The van der Waals surface area contributed by atoms with Crippen LogP contribution in [0.15, 0.2) is 65.7 Å². The monoisotopic (exact) mass is 447 g/mol. The van der Waals surface area contributed by atoms with E-state index in [2.05, 4.69) is 22.3 Å². The number of phenolic OH excluding ortho intramolecular Hbond substituents is 1. The lowest BCUT2D eigenvalue weighted by atomic mass is 10.1. The van der Waals surface area contributed by atoms with Crippen LogP contribution in [-0.4, -0.2) is 30.7 Å². The number of hydrogen-bond donors (Lipinski definition) is 3. The lowest BCUT2D eigenvalue weighted by molar-refractivity contribution is -0.118. The van der Waals surface area contributed by atoms with E-state index in [1.165, 1.54) is 12.1 Å². The third kappa shape index (κ3) is 5.88. The fourth-order valence-corrected chi connectivity index (χ4v) is 2.81. The predicted molar refractivity (Wildman–Crippen MR) is 128 cm³/mol. The summed E-state index contributed by atoms with van der Waals surface area (Å²) in [4.78, 5) is 28.7. The van der Waals surface area contributed by atoms with Crippen molar-refractivity contribution in [3.05, 3.63) is 66.2 Å². The predicted octanol–water partition coefficient (Wildman–Crippen LogP) is 5.37. The van der Waals surface area contributed by atoms with Crippen LogP contribution in [0.25, 0.3) is 0 Å². The van der Waals surface area contributed by atoms with Crippen LogP contribution in [0.3, 0.4) is 0 Å². The van der Waals surface area contributed by atoms with Gasteiger partial charge in [-0.3, -0.25) is 14.6 Å². The molecule has 0 aliphatic rings. The third-order valence-electron chi connectivity index (χ3n) is 4.73. The number of anilines is 2. The molecule has 0 heterocycles. The van der Waals surface area contributed by atoms with Crippen LogP contribution >= 0.6 is 0 Å². The van der Waals surface area contributed by atoms with Crippen molar-refractivity contribution < 1.29 is 24.2 Å². The van der Waals surface area contributed by atoms with Gasteiger partial charge in [0.1, 0.15) is 17.2 Å². The molecule has 0 atom stereocenters. The Bertz CT molecular complexity index is 1160. The number of rotatable bonds is 8. The Morgan fingerprint density at radius 2 is 1.58 bits per heavy atom. The third-order valence-corrected chi connectivity index (χ3v) is 4.73. The van der Waals surface area contributed by atoms with Crippen molar-refractivity contribution in [2.45, 2.75) is 13.8 Å². The Morgan fingerprint density at radius 3 is 2.15 bits per heavy atom. The van der Waals surface area contributed by atoms with Gasteiger partial charge in [0, 0.05) is 23.6 Å². The molecule has 8 heteroatoms. The molecule has 0 radical (unpaired) electrons. The Balaban J connectivity index is 1.92. The summed E-state index contributed by atoms with van der Waals surface area (Å²) in [5.41, 5.74) is 1.39. The molecule has 2 amide bonds. The van der Waals surface area contributed by atoms with Gasteiger partial charge in [-0.15, -0.1) is 0 Å². The minimum Gasteiger partial charge on any atom is -0.506 e. The van der Waals surface area contributed by atoms with Crippen LogP contribution in [0.1, 0.15) is 24.2 Å². The maximum absolute atomic E-state index is 12.7. The Hall–Kier alpha value is -4.33. The van der Waals surface area contributed by atoms with Gasteiger partial charge in [0.15, 0.2) is 5.75 Å². The highest BCUT2D eigenvalue weighted by Gasteiger charge is 2.17. The second kappa shape index (κ2) is 10.3. The van der Waals surface area contributed by atoms with Gasteiger partial charge in [-0.05, 0) is 55.2 Å². The molecule has 3 aromatic carbocycles. The summed E-state index contributed by atoms with van der Waals surface area (Å²) in [5.74, 6) is 0.186. The second-order valence-corrected chi connectivity index (χ2v) is 7.45. The number of ether oxygens (including phenoxy) is 2. The molecular formula is C25H25N3O5. The molecule has 8 nitrogen and oxygen atoms in total. The maximum Gasteiger partial charge on any atom is 0.255 e. The molecule has 170 valence electrons. The zero-order chi connectivity index (χ0) is 24.0. The van der Waals surface area contributed by atoms with Crippen molar-refractivity contribution in [3.8, 4) is 23.0 Å². The Morgan fingerprint density at radius 1 is 0.939 bits per heavy atom. The summed E-state index contributed by atoms with van der Waals surface area (Å²) < 4.78 is 11.1. The zero-order valence-electron chi connectivity index (χ0n) is 18.6. The number of nitrogens with one attached hydrogen (secondary N) is 2. The number of aliphatic imine (C=N–C) groups is 1. The SMILES string of the molecule is C=Nc1ccc(C(=O)Nc2cc(Oc3ccc(OC)cc3)c(NC(=O)C(C)C)cc2O)cc1. The van der Waals surface area contributed by atoms with E-state index in [1.807, 2.05) is 0 Å². The first-order valence-electron chi connectivity index (χ1n) is 10.2. The first-order valence-corrected chi connectivity index (χ1v) is 10.2. The highest BCUT2D eigenvalue weighted by molar-refractivity contribution is 6.05. The minimum atomic E-state index is -0.435. The van der Waals surface area contributed by atoms with Crippen LogP contribution in [0.2, 0.25) is 0 Å². The number of carbonyl (C=O) groups excluding carboxylic acids is 2. The fraction of sp³-hybridized carbons (Fsp3) is 0.160. The molecule has 0 aromatic heterocycles. The number of hydrogen-bond acceptors (Lipinski definition) is 6. The molecule has 3 rings (SSSR count). The first-order chi connectivity index (χ1) is 15.8. The lowest BCUT2D eigenvalue weighted by Gasteiger charge is -2.17. The van der Waals surface area contributed by atoms with Gasteiger partial charge in [0.05, 0.1) is 24.2 Å². The summed E-state index contributed by atoms with van der Waals surface area (Å²) in [6.07, 6.45) is 0. The molecule has 0 spiro atoms. The van der Waals surface area contributed by atoms with Crippen LogP contribution < -0.4 is 20.1 Å². The summed E-state index contributed by atoms with van der Waals surface area (Å²) >= 11 is 0. The van der Waals surface area contributed by atoms with Crippen molar-refractivity contribution >= 4 is 35.6 Å². The standard InChI is InChI=1S/C25H25N3O5/c1-15(2)24(30)28-21-13-22(29)20(27-25(31)16-5-7-17(26-3)8-6-16)14-23(21)33-19-11-9-18(32-4)10-12-19/h5-15,29H,3H2,1-2,4H3,(H,27,31)(H,28,30). The first kappa shape index (κ1) is 23.3. The van der Waals surface area contributed by atoms with Gasteiger partial charge >= 0.3 is 0 Å². The van der Waals surface area contributed by atoms with Gasteiger partial charge in [0.25, 0.3) is 5.91 Å². The average Bonchev–Trinajstić information content (AvgIpc) is 2.82. The van der Waals surface area contributed by atoms with E-state index in [-0.39, 0.29) is 34.7 Å². The van der Waals surface area contributed by atoms with E-state index < -0.39 is 5.91 Å². The van der Waals surface area contributed by atoms with Gasteiger partial charge in [-0.25, -0.2) is 0 Å². The summed E-state index contributed by atoms with van der Waals surface area (Å²) in [5, 5.41) is 15.9. The molecule has 0 fully saturated rings. The van der Waals surface area contributed by atoms with Crippen LogP contribution in [0.5, 0.6) is 23.0 Å². The normalized spacial score (nSPS) is 10.4. The van der Waals surface area contributed by atoms with Crippen molar-refractivity contribution in [2.75, 3.05) is 17.7 Å². The Labute approximate surface area is 191 Å². The second-order valence-electron chi connectivity index (χ2n) is 7.45. The lowest BCUT2D eigenvalue weighted by Crippen LogP contribution is -2.18. The molecule has 33 heavy (non-hydrogen) atoms. The molecule has 0 saturated heterocycles. The Kier molecular flexibility index (Phi) is 7.30. The quantitative estimate of drug-likeness (QED) is 0.318. The highest BCUT2D eigenvalue weighted by Crippen LogP contribution is 2.39. The zero-order valence-corrected chi connectivity index (χ0v) is 18.6. The fourth-order valence-electron chi connectivity index (χ4n) is 2.81. The smallest absolute Gasteiger partial charge is 0.255 e.